The van der Waals surface area contributed by atoms with E-state index in [1.807, 2.05) is 0 Å². The zero-order valence-electron chi connectivity index (χ0n) is 14.3. The minimum absolute atomic E-state index is 0.154. The van der Waals surface area contributed by atoms with E-state index in [-0.39, 0.29) is 6.54 Å². The summed E-state index contributed by atoms with van der Waals surface area (Å²) >= 11 is 0. The Bertz CT molecular complexity index is 637. The number of hydrogen-bond acceptors (Lipinski definition) is 7. The fourth-order valence-electron chi connectivity index (χ4n) is 3.69. The number of piperidine rings is 2. The Balaban J connectivity index is 1.46. The second-order valence-corrected chi connectivity index (χ2v) is 7.81. The number of urea groups is 1. The quantitative estimate of drug-likeness (QED) is 0.297. The van der Waals surface area contributed by atoms with Gasteiger partial charge in [-0.1, -0.05) is 0 Å². The molecule has 0 saturated carbocycles. The van der Waals surface area contributed by atoms with Crippen LogP contribution in [0.4, 0.5) is 4.79 Å². The number of amides is 3. The standard InChI is InChI=1S/C14H24N4O7S/c19-13(16-24-8-5-10-3-6-15-7-4-10)12-2-1-11-9-17(12)14(20)18(11)25-26(21,22)23/h10-12,15H,1-9H2,(H,16,19)(H,21,22,23)/t11-,12+/m1/s1. The molecule has 0 aromatic carbocycles. The molecule has 0 radical (unpaired) electrons. The molecule has 3 saturated heterocycles. The lowest BCUT2D eigenvalue weighted by atomic mass is 9.95. The van der Waals surface area contributed by atoms with Crippen LogP contribution in [0.15, 0.2) is 0 Å². The highest BCUT2D eigenvalue weighted by molar-refractivity contribution is 7.80. The van der Waals surface area contributed by atoms with Gasteiger partial charge in [-0.2, -0.15) is 13.5 Å². The molecule has 11 nitrogen and oxygen atoms in total. The summed E-state index contributed by atoms with van der Waals surface area (Å²) in [6.45, 7) is 2.55. The molecule has 0 aromatic rings. The Morgan fingerprint density at radius 1 is 1.27 bits per heavy atom. The number of rotatable bonds is 7. The Hall–Kier alpha value is -1.47. The van der Waals surface area contributed by atoms with Crippen LogP contribution < -0.4 is 10.8 Å². The summed E-state index contributed by atoms with van der Waals surface area (Å²) in [6.07, 6.45) is 3.77. The maximum atomic E-state index is 12.3. The number of fused-ring (bicyclic) bond motifs is 2. The van der Waals surface area contributed by atoms with Gasteiger partial charge in [-0.3, -0.25) is 14.2 Å². The molecule has 148 valence electrons. The van der Waals surface area contributed by atoms with E-state index < -0.39 is 34.4 Å². The van der Waals surface area contributed by atoms with Crippen LogP contribution in [0.25, 0.3) is 0 Å². The first kappa shape index (κ1) is 19.3. The van der Waals surface area contributed by atoms with Crippen LogP contribution in [-0.4, -0.2) is 73.2 Å². The van der Waals surface area contributed by atoms with Crippen molar-refractivity contribution in [3.8, 4) is 0 Å². The fraction of sp³-hybridized carbons (Fsp3) is 0.857. The van der Waals surface area contributed by atoms with Crippen LogP contribution in [0.3, 0.4) is 0 Å². The Morgan fingerprint density at radius 3 is 2.69 bits per heavy atom. The van der Waals surface area contributed by atoms with Gasteiger partial charge in [0, 0.05) is 6.54 Å². The minimum Gasteiger partial charge on any atom is -0.317 e. The van der Waals surface area contributed by atoms with Crippen LogP contribution >= 0.6 is 0 Å². The molecule has 2 atom stereocenters. The van der Waals surface area contributed by atoms with Gasteiger partial charge in [0.05, 0.1) is 12.6 Å². The van der Waals surface area contributed by atoms with Gasteiger partial charge in [-0.25, -0.2) is 10.3 Å². The second kappa shape index (κ2) is 8.05. The third-order valence-electron chi connectivity index (χ3n) is 5.06. The normalized spacial score (nSPS) is 27.0. The first-order chi connectivity index (χ1) is 12.3. The summed E-state index contributed by atoms with van der Waals surface area (Å²) in [7, 11) is -4.80. The molecule has 0 unspecified atom stereocenters. The Morgan fingerprint density at radius 2 is 2.00 bits per heavy atom. The minimum atomic E-state index is -4.80. The third-order valence-corrected chi connectivity index (χ3v) is 5.41. The Kier molecular flexibility index (Phi) is 5.97. The van der Waals surface area contributed by atoms with Gasteiger partial charge in [0.2, 0.25) is 0 Å². The predicted molar refractivity (Wildman–Crippen MR) is 87.7 cm³/mol. The van der Waals surface area contributed by atoms with Gasteiger partial charge in [-0.15, -0.1) is 4.28 Å². The van der Waals surface area contributed by atoms with Crippen LogP contribution in [0.2, 0.25) is 0 Å². The van der Waals surface area contributed by atoms with E-state index in [0.717, 1.165) is 32.4 Å². The number of nitrogens with one attached hydrogen (secondary N) is 2. The highest BCUT2D eigenvalue weighted by Gasteiger charge is 2.49. The number of carbonyl (C=O) groups excluding carboxylic acids is 2. The van der Waals surface area contributed by atoms with Gasteiger partial charge in [0.15, 0.2) is 0 Å². The van der Waals surface area contributed by atoms with Gasteiger partial charge in [-0.05, 0) is 51.1 Å². The molecule has 3 N–H and O–H groups in total. The lowest BCUT2D eigenvalue weighted by Crippen LogP contribution is -2.49. The van der Waals surface area contributed by atoms with Crippen molar-refractivity contribution in [1.82, 2.24) is 20.8 Å². The summed E-state index contributed by atoms with van der Waals surface area (Å²) in [5, 5.41) is 3.90. The molecule has 3 rings (SSSR count). The molecular formula is C14H24N4O7S. The van der Waals surface area contributed by atoms with Crippen molar-refractivity contribution >= 4 is 22.3 Å². The predicted octanol–water partition coefficient (Wildman–Crippen LogP) is -0.573. The first-order valence-corrected chi connectivity index (χ1v) is 10.1. The third kappa shape index (κ3) is 4.62. The number of hydrogen-bond donors (Lipinski definition) is 3. The molecule has 26 heavy (non-hydrogen) atoms. The molecule has 3 aliphatic rings. The summed E-state index contributed by atoms with van der Waals surface area (Å²) in [5.74, 6) is 0.130. The molecular weight excluding hydrogens is 368 g/mol. The average Bonchev–Trinajstić information content (AvgIpc) is 2.83. The highest BCUT2D eigenvalue weighted by atomic mass is 32.3. The number of hydroxylamine groups is 3. The molecule has 12 heteroatoms. The van der Waals surface area contributed by atoms with Gasteiger partial charge < -0.3 is 10.2 Å². The van der Waals surface area contributed by atoms with Crippen molar-refractivity contribution in [3.63, 3.8) is 0 Å². The van der Waals surface area contributed by atoms with E-state index in [4.69, 9.17) is 9.39 Å². The van der Waals surface area contributed by atoms with Crippen molar-refractivity contribution in [2.24, 2.45) is 5.92 Å². The molecule has 3 heterocycles. The zero-order chi connectivity index (χ0) is 18.7. The van der Waals surface area contributed by atoms with Crippen LogP contribution in [0, 0.1) is 5.92 Å². The molecule has 3 fully saturated rings. The maximum absolute atomic E-state index is 12.3. The summed E-state index contributed by atoms with van der Waals surface area (Å²) in [6, 6.07) is -2.04. The zero-order valence-corrected chi connectivity index (χ0v) is 15.1. The van der Waals surface area contributed by atoms with Crippen molar-refractivity contribution in [3.05, 3.63) is 0 Å². The molecule has 0 aliphatic carbocycles. The molecule has 0 aromatic heterocycles. The molecule has 2 bridgehead atoms. The monoisotopic (exact) mass is 392 g/mol. The molecule has 3 amide bonds. The van der Waals surface area contributed by atoms with E-state index in [1.54, 1.807) is 0 Å². The van der Waals surface area contributed by atoms with Crippen LogP contribution in [0.5, 0.6) is 0 Å². The average molecular weight is 392 g/mol. The number of carbonyl (C=O) groups is 2. The van der Waals surface area contributed by atoms with Crippen LogP contribution in [-0.2, 0) is 24.3 Å². The maximum Gasteiger partial charge on any atom is 0.418 e. The van der Waals surface area contributed by atoms with E-state index >= 15 is 0 Å². The van der Waals surface area contributed by atoms with E-state index in [2.05, 4.69) is 15.1 Å². The molecule has 3 aliphatic heterocycles. The summed E-state index contributed by atoms with van der Waals surface area (Å²) < 4.78 is 34.8. The topological polar surface area (TPSA) is 138 Å². The lowest BCUT2D eigenvalue weighted by Gasteiger charge is -2.29. The van der Waals surface area contributed by atoms with Crippen molar-refractivity contribution in [2.75, 3.05) is 26.2 Å². The lowest BCUT2D eigenvalue weighted by molar-refractivity contribution is -0.139. The van der Waals surface area contributed by atoms with E-state index in [0.29, 0.717) is 30.4 Å². The van der Waals surface area contributed by atoms with Crippen LogP contribution in [0.1, 0.15) is 32.1 Å². The van der Waals surface area contributed by atoms with E-state index in [1.165, 1.54) is 4.90 Å². The van der Waals surface area contributed by atoms with Gasteiger partial charge >= 0.3 is 16.4 Å². The SMILES string of the molecule is O=C(NOCCC1CCNCC1)[C@@H]1CC[C@@H]2CN1C(=O)N2OS(=O)(=O)O. The van der Waals surface area contributed by atoms with Gasteiger partial charge in [0.25, 0.3) is 5.91 Å². The molecule has 0 spiro atoms. The second-order valence-electron chi connectivity index (χ2n) is 6.81. The fourth-order valence-corrected chi connectivity index (χ4v) is 4.08. The first-order valence-electron chi connectivity index (χ1n) is 8.74. The van der Waals surface area contributed by atoms with E-state index in [9.17, 15) is 18.0 Å². The van der Waals surface area contributed by atoms with Crippen molar-refractivity contribution in [1.29, 1.82) is 0 Å². The van der Waals surface area contributed by atoms with Crippen molar-refractivity contribution < 1.29 is 31.7 Å². The van der Waals surface area contributed by atoms with Gasteiger partial charge in [0.1, 0.15) is 6.04 Å². The smallest absolute Gasteiger partial charge is 0.317 e. The largest absolute Gasteiger partial charge is 0.418 e. The Labute approximate surface area is 151 Å². The number of nitrogens with zero attached hydrogens (tertiary/aromatic N) is 2. The highest BCUT2D eigenvalue weighted by Crippen LogP contribution is 2.30. The van der Waals surface area contributed by atoms with Crippen molar-refractivity contribution in [2.45, 2.75) is 44.2 Å². The summed E-state index contributed by atoms with van der Waals surface area (Å²) in [4.78, 5) is 31.0. The summed E-state index contributed by atoms with van der Waals surface area (Å²) in [5.41, 5.74) is 2.38.